The van der Waals surface area contributed by atoms with Gasteiger partial charge in [0.1, 0.15) is 22.3 Å². The van der Waals surface area contributed by atoms with Crippen LogP contribution in [-0.4, -0.2) is 4.57 Å². The zero-order valence-electron chi connectivity index (χ0n) is 40.3. The third kappa shape index (κ3) is 6.47. The van der Waals surface area contributed by atoms with E-state index in [1.807, 2.05) is 24.3 Å². The van der Waals surface area contributed by atoms with Gasteiger partial charge >= 0.3 is 0 Å². The first-order chi connectivity index (χ1) is 35.9. The van der Waals surface area contributed by atoms with E-state index < -0.39 is 0 Å². The number of aromatic nitrogens is 1. The lowest BCUT2D eigenvalue weighted by Gasteiger charge is -2.28. The summed E-state index contributed by atoms with van der Waals surface area (Å²) in [6.45, 7) is 4.77. The van der Waals surface area contributed by atoms with Gasteiger partial charge in [-0.3, -0.25) is 0 Å². The van der Waals surface area contributed by atoms with Gasteiger partial charge in [-0.15, -0.1) is 0 Å². The molecule has 15 rings (SSSR count). The minimum absolute atomic E-state index is 0.255. The molecule has 3 heterocycles. The second kappa shape index (κ2) is 15.8. The molecule has 14 aromatic rings. The lowest BCUT2D eigenvalue weighted by molar-refractivity contribution is 0.660. The first-order valence-electron chi connectivity index (χ1n) is 25.1. The van der Waals surface area contributed by atoms with Crippen LogP contribution in [0.1, 0.15) is 25.0 Å². The fraction of sp³-hybridized carbons (Fsp3) is 0.0435. The highest BCUT2D eigenvalue weighted by Crippen LogP contribution is 2.52. The molecule has 0 bridgehead atoms. The molecule has 0 N–H and O–H groups in total. The summed E-state index contributed by atoms with van der Waals surface area (Å²) in [5.41, 5.74) is 22.5. The summed E-state index contributed by atoms with van der Waals surface area (Å²) >= 11 is 0. The molecule has 0 amide bonds. The van der Waals surface area contributed by atoms with Crippen molar-refractivity contribution in [2.24, 2.45) is 0 Å². The van der Waals surface area contributed by atoms with Crippen molar-refractivity contribution in [3.8, 4) is 50.2 Å². The molecule has 0 aliphatic heterocycles. The monoisotopic (exact) mass is 934 g/mol. The first-order valence-corrected chi connectivity index (χ1v) is 25.1. The van der Waals surface area contributed by atoms with Crippen molar-refractivity contribution < 1.29 is 8.83 Å². The number of furan rings is 2. The molecule has 73 heavy (non-hydrogen) atoms. The van der Waals surface area contributed by atoms with Crippen molar-refractivity contribution in [3.63, 3.8) is 0 Å². The van der Waals surface area contributed by atoms with Crippen LogP contribution >= 0.6 is 0 Å². The predicted molar refractivity (Wildman–Crippen MR) is 304 cm³/mol. The molecule has 1 aliphatic rings. The van der Waals surface area contributed by atoms with Crippen LogP contribution in [0.4, 0.5) is 17.1 Å². The molecule has 0 fully saturated rings. The van der Waals surface area contributed by atoms with E-state index in [0.29, 0.717) is 0 Å². The molecule has 344 valence electrons. The Balaban J connectivity index is 0.811. The van der Waals surface area contributed by atoms with Gasteiger partial charge in [0.05, 0.1) is 11.0 Å². The van der Waals surface area contributed by atoms with E-state index in [1.54, 1.807) is 0 Å². The summed E-state index contributed by atoms with van der Waals surface area (Å²) in [6, 6.07) is 88.1. The van der Waals surface area contributed by atoms with Gasteiger partial charge in [-0.1, -0.05) is 147 Å². The number of para-hydroxylation sites is 4. The Kier molecular flexibility index (Phi) is 8.97. The summed E-state index contributed by atoms with van der Waals surface area (Å²) < 4.78 is 14.7. The Morgan fingerprint density at radius 1 is 0.315 bits per heavy atom. The quantitative estimate of drug-likeness (QED) is 0.160. The molecular weight excluding hydrogens is 889 g/mol. The molecule has 3 aromatic heterocycles. The van der Waals surface area contributed by atoms with Crippen molar-refractivity contribution in [3.05, 3.63) is 254 Å². The van der Waals surface area contributed by atoms with E-state index in [4.69, 9.17) is 8.83 Å². The van der Waals surface area contributed by atoms with Crippen LogP contribution in [0, 0.1) is 0 Å². The van der Waals surface area contributed by atoms with Crippen LogP contribution < -0.4 is 4.90 Å². The van der Waals surface area contributed by atoms with Gasteiger partial charge in [0.25, 0.3) is 0 Å². The zero-order chi connectivity index (χ0) is 48.4. The average Bonchev–Trinajstić information content (AvgIpc) is 4.19. The number of nitrogens with zero attached hydrogens (tertiary/aromatic N) is 2. The Bertz CT molecular complexity index is 4360. The largest absolute Gasteiger partial charge is 0.456 e. The highest BCUT2D eigenvalue weighted by Gasteiger charge is 2.36. The summed E-state index contributed by atoms with van der Waals surface area (Å²) in [5, 5.41) is 7.03. The highest BCUT2D eigenvalue weighted by atomic mass is 16.3. The highest BCUT2D eigenvalue weighted by molar-refractivity contribution is 6.11. The molecule has 4 heteroatoms. The molecule has 0 unspecified atom stereocenters. The van der Waals surface area contributed by atoms with Gasteiger partial charge in [0.2, 0.25) is 0 Å². The molecule has 1 aliphatic carbocycles. The maximum absolute atomic E-state index is 6.18. The van der Waals surface area contributed by atoms with Crippen LogP contribution in [-0.2, 0) is 5.41 Å². The minimum Gasteiger partial charge on any atom is -0.456 e. The van der Waals surface area contributed by atoms with Crippen molar-refractivity contribution in [2.45, 2.75) is 19.3 Å². The molecule has 0 saturated heterocycles. The topological polar surface area (TPSA) is 34.5 Å². The van der Waals surface area contributed by atoms with E-state index in [-0.39, 0.29) is 5.41 Å². The Hall–Kier alpha value is -9.38. The van der Waals surface area contributed by atoms with E-state index in [0.717, 1.165) is 83.2 Å². The van der Waals surface area contributed by atoms with Crippen molar-refractivity contribution in [2.75, 3.05) is 4.90 Å². The van der Waals surface area contributed by atoms with Crippen LogP contribution in [0.5, 0.6) is 0 Å². The molecule has 4 nitrogen and oxygen atoms in total. The summed E-state index contributed by atoms with van der Waals surface area (Å²) in [5.74, 6) is 0. The molecule has 0 radical (unpaired) electrons. The van der Waals surface area contributed by atoms with E-state index >= 15 is 0 Å². The Morgan fingerprint density at radius 3 is 1.37 bits per heavy atom. The van der Waals surface area contributed by atoms with Gasteiger partial charge in [-0.25, -0.2) is 0 Å². The number of hydrogen-bond acceptors (Lipinski definition) is 3. The fourth-order valence-corrected chi connectivity index (χ4v) is 11.9. The van der Waals surface area contributed by atoms with Crippen molar-refractivity contribution in [1.29, 1.82) is 0 Å². The standard InChI is InChI=1S/C69H46N2O2/c1-69(2)61-41-48(47-25-35-64-58(38-47)55-14-6-9-17-63(55)71(64)49-12-4-3-5-13-49)24-33-53(61)54-34-32-52(42-62(54)69)70(50-28-20-43(21-29-50)45-26-36-67-59(39-45)56-15-7-10-18-65(56)72-67)51-30-22-44(23-31-51)46-27-37-68-60(40-46)57-16-8-11-19-66(57)73-68/h3-42H,1-2H3. The number of fused-ring (bicyclic) bond motifs is 12. The van der Waals surface area contributed by atoms with Gasteiger partial charge in [-0.05, 0) is 165 Å². The fourth-order valence-electron chi connectivity index (χ4n) is 11.9. The number of benzene rings is 11. The summed E-state index contributed by atoms with van der Waals surface area (Å²) in [4.78, 5) is 2.40. The van der Waals surface area contributed by atoms with Gasteiger partial charge < -0.3 is 18.3 Å². The maximum atomic E-state index is 6.18. The molecular formula is C69H46N2O2. The van der Waals surface area contributed by atoms with E-state index in [1.165, 1.54) is 60.9 Å². The molecule has 0 spiro atoms. The predicted octanol–water partition coefficient (Wildman–Crippen LogP) is 19.4. The Morgan fingerprint density at radius 2 is 0.740 bits per heavy atom. The summed E-state index contributed by atoms with van der Waals surface area (Å²) in [7, 11) is 0. The van der Waals surface area contributed by atoms with Crippen LogP contribution in [0.25, 0.3) is 116 Å². The molecule has 0 saturated carbocycles. The van der Waals surface area contributed by atoms with Gasteiger partial charge in [-0.2, -0.15) is 0 Å². The van der Waals surface area contributed by atoms with Crippen LogP contribution in [0.2, 0.25) is 0 Å². The first kappa shape index (κ1) is 41.4. The maximum Gasteiger partial charge on any atom is 0.135 e. The average molecular weight is 935 g/mol. The van der Waals surface area contributed by atoms with Crippen LogP contribution in [0.15, 0.2) is 251 Å². The van der Waals surface area contributed by atoms with Gasteiger partial charge in [0.15, 0.2) is 0 Å². The number of anilines is 3. The third-order valence-corrected chi connectivity index (χ3v) is 15.6. The normalized spacial score (nSPS) is 12.9. The lowest BCUT2D eigenvalue weighted by Crippen LogP contribution is -2.16. The summed E-state index contributed by atoms with van der Waals surface area (Å²) in [6.07, 6.45) is 0. The number of hydrogen-bond donors (Lipinski definition) is 0. The SMILES string of the molecule is CC1(C)c2cc(-c3ccc4c(c3)c3ccccc3n4-c3ccccc3)ccc2-c2ccc(N(c3ccc(-c4ccc5oc6ccccc6c5c4)cc3)c3ccc(-c4ccc5oc6ccccc6c5c4)cc3)cc21. The van der Waals surface area contributed by atoms with Crippen LogP contribution in [0.3, 0.4) is 0 Å². The van der Waals surface area contributed by atoms with Crippen molar-refractivity contribution in [1.82, 2.24) is 4.57 Å². The lowest BCUT2D eigenvalue weighted by atomic mass is 9.81. The number of rotatable bonds is 7. The minimum atomic E-state index is -0.255. The molecule has 11 aromatic carbocycles. The van der Waals surface area contributed by atoms with E-state index in [2.05, 4.69) is 242 Å². The van der Waals surface area contributed by atoms with Gasteiger partial charge in [0, 0.05) is 60.5 Å². The second-order valence-corrected chi connectivity index (χ2v) is 20.1. The van der Waals surface area contributed by atoms with Crippen molar-refractivity contribution >= 4 is 82.7 Å². The third-order valence-electron chi connectivity index (χ3n) is 15.6. The Labute approximate surface area is 422 Å². The second-order valence-electron chi connectivity index (χ2n) is 20.1. The molecule has 0 atom stereocenters. The zero-order valence-corrected chi connectivity index (χ0v) is 40.3. The smallest absolute Gasteiger partial charge is 0.135 e. The van der Waals surface area contributed by atoms with E-state index in [9.17, 15) is 0 Å².